The Labute approximate surface area is 166 Å². The third kappa shape index (κ3) is 4.92. The molecule has 28 heavy (non-hydrogen) atoms. The van der Waals surface area contributed by atoms with E-state index in [-0.39, 0.29) is 16.4 Å². The molecule has 0 amide bonds. The van der Waals surface area contributed by atoms with Gasteiger partial charge >= 0.3 is 0 Å². The first kappa shape index (κ1) is 20.8. The maximum absolute atomic E-state index is 13.0. The number of hydrogen-bond acceptors (Lipinski definition) is 6. The summed E-state index contributed by atoms with van der Waals surface area (Å²) in [6, 6.07) is 15.4. The molecular weight excluding hydrogens is 398 g/mol. The normalized spacial score (nSPS) is 21.5. The number of hydrogen-bond donors (Lipinski definition) is 1. The van der Waals surface area contributed by atoms with Crippen LogP contribution in [0.2, 0.25) is 0 Å². The first-order valence-corrected chi connectivity index (χ1v) is 12.5. The van der Waals surface area contributed by atoms with E-state index in [9.17, 15) is 16.8 Å². The minimum Gasteiger partial charge on any atom is -0.497 e. The lowest BCUT2D eigenvalue weighted by Gasteiger charge is -2.20. The first-order chi connectivity index (χ1) is 13.3. The lowest BCUT2D eigenvalue weighted by Crippen LogP contribution is -2.43. The molecule has 6 nitrogen and oxygen atoms in total. The van der Waals surface area contributed by atoms with Gasteiger partial charge in [0.15, 0.2) is 19.7 Å². The molecule has 0 aliphatic carbocycles. The maximum Gasteiger partial charge on any atom is 0.183 e. The van der Waals surface area contributed by atoms with E-state index in [1.165, 1.54) is 24.8 Å². The molecule has 1 aliphatic heterocycles. The van der Waals surface area contributed by atoms with E-state index in [1.807, 2.05) is 30.3 Å². The van der Waals surface area contributed by atoms with Gasteiger partial charge in [-0.2, -0.15) is 0 Å². The van der Waals surface area contributed by atoms with Gasteiger partial charge in [-0.3, -0.25) is 0 Å². The summed E-state index contributed by atoms with van der Waals surface area (Å²) in [7, 11) is -5.67. The average molecular weight is 424 g/mol. The summed E-state index contributed by atoms with van der Waals surface area (Å²) in [5.74, 6) is 0.0457. The van der Waals surface area contributed by atoms with Crippen molar-refractivity contribution in [3.05, 3.63) is 60.2 Å². The molecule has 8 heteroatoms. The van der Waals surface area contributed by atoms with Crippen LogP contribution in [0.5, 0.6) is 5.75 Å². The molecule has 0 aromatic heterocycles. The number of aryl methyl sites for hydroxylation is 1. The van der Waals surface area contributed by atoms with E-state index in [0.717, 1.165) is 12.8 Å². The fraction of sp³-hybridized carbons (Fsp3) is 0.400. The van der Waals surface area contributed by atoms with Gasteiger partial charge in [-0.15, -0.1) is 0 Å². The minimum absolute atomic E-state index is 0.117. The lowest BCUT2D eigenvalue weighted by atomic mass is 10.1. The summed E-state index contributed by atoms with van der Waals surface area (Å²) < 4.78 is 55.5. The van der Waals surface area contributed by atoms with E-state index in [1.54, 1.807) is 12.1 Å². The molecule has 0 saturated carbocycles. The molecule has 3 rings (SSSR count). The summed E-state index contributed by atoms with van der Waals surface area (Å²) in [5, 5.41) is 2.19. The van der Waals surface area contributed by atoms with Gasteiger partial charge in [0.25, 0.3) is 0 Å². The molecule has 1 fully saturated rings. The Morgan fingerprint density at radius 2 is 1.71 bits per heavy atom. The highest BCUT2D eigenvalue weighted by Crippen LogP contribution is 2.27. The van der Waals surface area contributed by atoms with Crippen molar-refractivity contribution in [2.45, 2.75) is 29.0 Å². The number of methoxy groups -OCH3 is 1. The first-order valence-electron chi connectivity index (χ1n) is 9.17. The van der Waals surface area contributed by atoms with Crippen LogP contribution in [-0.2, 0) is 26.1 Å². The van der Waals surface area contributed by atoms with E-state index >= 15 is 0 Å². The molecule has 0 spiro atoms. The van der Waals surface area contributed by atoms with Crippen molar-refractivity contribution in [1.82, 2.24) is 5.32 Å². The van der Waals surface area contributed by atoms with Gasteiger partial charge in [-0.25, -0.2) is 16.8 Å². The van der Waals surface area contributed by atoms with Crippen molar-refractivity contribution in [1.29, 1.82) is 0 Å². The Morgan fingerprint density at radius 1 is 1.04 bits per heavy atom. The quantitative estimate of drug-likeness (QED) is 0.652. The zero-order valence-electron chi connectivity index (χ0n) is 15.7. The molecule has 2 aromatic rings. The van der Waals surface area contributed by atoms with Crippen molar-refractivity contribution < 1.29 is 21.6 Å². The van der Waals surface area contributed by atoms with Crippen molar-refractivity contribution in [2.24, 2.45) is 0 Å². The summed E-state index contributed by atoms with van der Waals surface area (Å²) in [6.07, 6.45) is 1.65. The van der Waals surface area contributed by atoms with Crippen LogP contribution < -0.4 is 10.1 Å². The van der Waals surface area contributed by atoms with E-state index in [4.69, 9.17) is 4.74 Å². The molecule has 2 atom stereocenters. The molecule has 152 valence electrons. The third-order valence-electron chi connectivity index (χ3n) is 4.98. The topological polar surface area (TPSA) is 89.5 Å². The number of sulfone groups is 2. The van der Waals surface area contributed by atoms with Crippen molar-refractivity contribution in [2.75, 3.05) is 25.2 Å². The van der Waals surface area contributed by atoms with Crippen molar-refractivity contribution in [3.63, 3.8) is 0 Å². The standard InChI is InChI=1S/C20H25NO5S2/c1-26-17-9-11-18(12-10-17)28(24,25)20-15-27(22,23)14-19(20)21-13-5-8-16-6-3-2-4-7-16/h2-4,6-7,9-12,19-21H,5,8,13-15H2,1H3/t19-,20-/m0/s1. The largest absolute Gasteiger partial charge is 0.497 e. The highest BCUT2D eigenvalue weighted by molar-refractivity contribution is 7.96. The van der Waals surface area contributed by atoms with Crippen LogP contribution in [0.4, 0.5) is 0 Å². The van der Waals surface area contributed by atoms with E-state index in [2.05, 4.69) is 5.32 Å². The third-order valence-corrected chi connectivity index (χ3v) is 9.15. The molecule has 1 aliphatic rings. The summed E-state index contributed by atoms with van der Waals surface area (Å²) in [5.41, 5.74) is 1.20. The van der Waals surface area contributed by atoms with Crippen LogP contribution in [0.15, 0.2) is 59.5 Å². The molecule has 1 N–H and O–H groups in total. The van der Waals surface area contributed by atoms with Gasteiger partial charge in [0, 0.05) is 6.04 Å². The average Bonchev–Trinajstić information content (AvgIpc) is 3.01. The van der Waals surface area contributed by atoms with Gasteiger partial charge in [-0.05, 0) is 49.2 Å². The van der Waals surface area contributed by atoms with Gasteiger partial charge in [0.2, 0.25) is 0 Å². The highest BCUT2D eigenvalue weighted by Gasteiger charge is 2.45. The monoisotopic (exact) mass is 423 g/mol. The predicted octanol–water partition coefficient (Wildman–Crippen LogP) is 1.86. The molecule has 2 aromatic carbocycles. The summed E-state index contributed by atoms with van der Waals surface area (Å²) in [4.78, 5) is 0.117. The number of ether oxygens (including phenoxy) is 1. The van der Waals surface area contributed by atoms with Crippen LogP contribution in [0.1, 0.15) is 12.0 Å². The lowest BCUT2D eigenvalue weighted by molar-refractivity contribution is 0.414. The second kappa shape index (κ2) is 8.63. The molecule has 1 saturated heterocycles. The van der Waals surface area contributed by atoms with E-state index in [0.29, 0.717) is 12.3 Å². The van der Waals surface area contributed by atoms with Crippen LogP contribution in [0, 0.1) is 0 Å². The minimum atomic E-state index is -3.77. The zero-order chi connectivity index (χ0) is 20.2. The van der Waals surface area contributed by atoms with Crippen LogP contribution >= 0.6 is 0 Å². The molecule has 0 radical (unpaired) electrons. The molecule has 0 unspecified atom stereocenters. The highest BCUT2D eigenvalue weighted by atomic mass is 32.2. The van der Waals surface area contributed by atoms with Crippen molar-refractivity contribution in [3.8, 4) is 5.75 Å². The Hall–Kier alpha value is -1.90. The second-order valence-corrected chi connectivity index (χ2v) is 11.3. The van der Waals surface area contributed by atoms with Gasteiger partial charge in [0.05, 0.1) is 28.8 Å². The summed E-state index contributed by atoms with van der Waals surface area (Å²) >= 11 is 0. The summed E-state index contributed by atoms with van der Waals surface area (Å²) in [6.45, 7) is 0.559. The van der Waals surface area contributed by atoms with Gasteiger partial charge in [-0.1, -0.05) is 30.3 Å². The van der Waals surface area contributed by atoms with Gasteiger partial charge in [0.1, 0.15) is 5.75 Å². The number of rotatable bonds is 8. The zero-order valence-corrected chi connectivity index (χ0v) is 17.4. The number of benzene rings is 2. The van der Waals surface area contributed by atoms with Crippen molar-refractivity contribution >= 4 is 19.7 Å². The molecule has 1 heterocycles. The molecular formula is C20H25NO5S2. The fourth-order valence-electron chi connectivity index (χ4n) is 3.48. The Balaban J connectivity index is 1.68. The van der Waals surface area contributed by atoms with Gasteiger partial charge < -0.3 is 10.1 Å². The van der Waals surface area contributed by atoms with E-state index < -0.39 is 31.0 Å². The SMILES string of the molecule is COc1ccc(S(=O)(=O)[C@H]2CS(=O)(=O)C[C@@H]2NCCCc2ccccc2)cc1. The molecule has 0 bridgehead atoms. The Morgan fingerprint density at radius 3 is 2.36 bits per heavy atom. The predicted molar refractivity (Wildman–Crippen MR) is 109 cm³/mol. The van der Waals surface area contributed by atoms with Crippen LogP contribution in [-0.4, -0.2) is 53.3 Å². The maximum atomic E-state index is 13.0. The Bertz CT molecular complexity index is 987. The van der Waals surface area contributed by atoms with Crippen LogP contribution in [0.25, 0.3) is 0 Å². The second-order valence-electron chi connectivity index (χ2n) is 6.99. The fourth-order valence-corrected chi connectivity index (χ4v) is 8.19. The smallest absolute Gasteiger partial charge is 0.183 e. The Kier molecular flexibility index (Phi) is 6.42. The van der Waals surface area contributed by atoms with Crippen LogP contribution in [0.3, 0.4) is 0 Å². The number of nitrogens with one attached hydrogen (secondary N) is 1.